The van der Waals surface area contributed by atoms with Crippen molar-refractivity contribution in [2.45, 2.75) is 24.9 Å². The molecule has 0 aliphatic rings. The predicted octanol–water partition coefficient (Wildman–Crippen LogP) is 5.28. The lowest BCUT2D eigenvalue weighted by atomic mass is 10.00. The fourth-order valence-corrected chi connectivity index (χ4v) is 4.76. The summed E-state index contributed by atoms with van der Waals surface area (Å²) in [6, 6.07) is 5.27. The average Bonchev–Trinajstić information content (AvgIpc) is 3.21. The number of rotatable bonds is 5. The lowest BCUT2D eigenvalue weighted by molar-refractivity contribution is -0.137. The minimum atomic E-state index is -4.85. The molecule has 34 heavy (non-hydrogen) atoms. The number of anilines is 1. The molecule has 0 saturated carbocycles. The van der Waals surface area contributed by atoms with Crippen LogP contribution in [-0.2, 0) is 16.2 Å². The molecular formula is C22H16ClF3N4O3S. The predicted molar refractivity (Wildman–Crippen MR) is 120 cm³/mol. The van der Waals surface area contributed by atoms with E-state index in [1.54, 1.807) is 26.1 Å². The number of pyridine rings is 2. The number of halogens is 4. The van der Waals surface area contributed by atoms with E-state index in [1.165, 1.54) is 18.5 Å². The van der Waals surface area contributed by atoms with E-state index in [1.807, 2.05) is 0 Å². The Balaban J connectivity index is 1.80. The molecule has 0 spiro atoms. The maximum atomic E-state index is 13.5. The lowest BCUT2D eigenvalue weighted by Crippen LogP contribution is -2.18. The Hall–Kier alpha value is -3.44. The molecule has 0 saturated heterocycles. The summed E-state index contributed by atoms with van der Waals surface area (Å²) in [5, 5.41) is -0.114. The van der Waals surface area contributed by atoms with Gasteiger partial charge in [-0.15, -0.1) is 0 Å². The number of aryl methyl sites for hydroxylation is 2. The summed E-state index contributed by atoms with van der Waals surface area (Å²) >= 11 is 5.60. The van der Waals surface area contributed by atoms with Gasteiger partial charge in [0.2, 0.25) is 5.78 Å². The first-order valence-electron chi connectivity index (χ1n) is 9.72. The molecule has 12 heteroatoms. The Morgan fingerprint density at radius 3 is 2.53 bits per heavy atom. The highest BCUT2D eigenvalue weighted by molar-refractivity contribution is 7.92. The van der Waals surface area contributed by atoms with Gasteiger partial charge in [0.25, 0.3) is 10.0 Å². The normalized spacial score (nSPS) is 12.2. The molecule has 0 aliphatic carbocycles. The molecule has 0 aliphatic heterocycles. The summed E-state index contributed by atoms with van der Waals surface area (Å²) in [5.74, 6) is -0.575. The van der Waals surface area contributed by atoms with Crippen molar-refractivity contribution in [1.82, 2.24) is 15.0 Å². The maximum absolute atomic E-state index is 13.5. The van der Waals surface area contributed by atoms with Gasteiger partial charge in [-0.1, -0.05) is 11.6 Å². The van der Waals surface area contributed by atoms with Gasteiger partial charge >= 0.3 is 6.18 Å². The number of sulfonamides is 1. The number of H-pyrrole nitrogens is 1. The number of fused-ring (bicyclic) bond motifs is 1. The highest BCUT2D eigenvalue weighted by Gasteiger charge is 2.35. The van der Waals surface area contributed by atoms with Crippen LogP contribution in [0, 0.1) is 13.8 Å². The minimum Gasteiger partial charge on any atom is -0.346 e. The molecule has 0 radical (unpaired) electrons. The molecule has 0 bridgehead atoms. The Morgan fingerprint density at radius 2 is 1.82 bits per heavy atom. The van der Waals surface area contributed by atoms with E-state index in [9.17, 15) is 26.4 Å². The number of hydrogen-bond acceptors (Lipinski definition) is 5. The van der Waals surface area contributed by atoms with Crippen molar-refractivity contribution in [1.29, 1.82) is 0 Å². The van der Waals surface area contributed by atoms with Crippen LogP contribution in [0.1, 0.15) is 32.7 Å². The number of hydrogen-bond donors (Lipinski definition) is 2. The Bertz CT molecular complexity index is 1550. The smallest absolute Gasteiger partial charge is 0.346 e. The summed E-state index contributed by atoms with van der Waals surface area (Å²) in [6.45, 7) is 3.31. The zero-order chi connectivity index (χ0) is 24.8. The fraction of sp³-hybridized carbons (Fsp3) is 0.136. The summed E-state index contributed by atoms with van der Waals surface area (Å²) in [5.41, 5.74) is 0.126. The molecule has 7 nitrogen and oxygen atoms in total. The van der Waals surface area contributed by atoms with Crippen LogP contribution in [0.2, 0.25) is 5.02 Å². The fourth-order valence-electron chi connectivity index (χ4n) is 3.45. The van der Waals surface area contributed by atoms with E-state index in [-0.39, 0.29) is 16.9 Å². The topological polar surface area (TPSA) is 105 Å². The number of nitrogens with zero attached hydrogens (tertiary/aromatic N) is 2. The van der Waals surface area contributed by atoms with Crippen molar-refractivity contribution < 1.29 is 26.4 Å². The molecule has 0 fully saturated rings. The molecule has 3 aromatic heterocycles. The highest BCUT2D eigenvalue weighted by atomic mass is 35.5. The monoisotopic (exact) mass is 508 g/mol. The van der Waals surface area contributed by atoms with Gasteiger partial charge in [0.15, 0.2) is 0 Å². The Labute approximate surface area is 197 Å². The zero-order valence-electron chi connectivity index (χ0n) is 17.7. The van der Waals surface area contributed by atoms with Crippen molar-refractivity contribution in [2.24, 2.45) is 0 Å². The summed E-state index contributed by atoms with van der Waals surface area (Å²) in [4.78, 5) is 24.0. The third-order valence-corrected chi connectivity index (χ3v) is 6.73. The maximum Gasteiger partial charge on any atom is 0.417 e. The van der Waals surface area contributed by atoms with E-state index in [0.717, 1.165) is 12.1 Å². The van der Waals surface area contributed by atoms with E-state index >= 15 is 0 Å². The van der Waals surface area contributed by atoms with Gasteiger partial charge in [0, 0.05) is 29.5 Å². The van der Waals surface area contributed by atoms with Crippen molar-refractivity contribution in [3.05, 3.63) is 81.9 Å². The summed E-state index contributed by atoms with van der Waals surface area (Å²) in [7, 11) is -4.53. The molecule has 0 atom stereocenters. The van der Waals surface area contributed by atoms with Crippen molar-refractivity contribution in [2.75, 3.05) is 4.72 Å². The molecular weight excluding hydrogens is 493 g/mol. The molecule has 4 rings (SSSR count). The van der Waals surface area contributed by atoms with E-state index < -0.39 is 37.5 Å². The number of aromatic amines is 1. The number of alkyl halides is 3. The lowest BCUT2D eigenvalue weighted by Gasteiger charge is -2.15. The minimum absolute atomic E-state index is 0.173. The van der Waals surface area contributed by atoms with Crippen LogP contribution in [0.5, 0.6) is 0 Å². The SMILES string of the molecule is Cc1cnc(C(=O)c2c(C)cnc3[nH]ccc23)c(NS(=O)(=O)c2ccc(Cl)c(C(F)(F)F)c2)c1. The van der Waals surface area contributed by atoms with Crippen molar-refractivity contribution in [3.63, 3.8) is 0 Å². The number of carbonyl (C=O) groups is 1. The number of nitrogens with one attached hydrogen (secondary N) is 2. The van der Waals surface area contributed by atoms with Gasteiger partial charge in [-0.2, -0.15) is 13.2 Å². The van der Waals surface area contributed by atoms with Gasteiger partial charge in [-0.25, -0.2) is 13.4 Å². The second kappa shape index (κ2) is 8.41. The van der Waals surface area contributed by atoms with E-state index in [4.69, 9.17) is 11.6 Å². The summed E-state index contributed by atoms with van der Waals surface area (Å²) < 4.78 is 67.9. The summed E-state index contributed by atoms with van der Waals surface area (Å²) in [6.07, 6.45) is -0.356. The van der Waals surface area contributed by atoms with E-state index in [2.05, 4.69) is 19.7 Å². The van der Waals surface area contributed by atoms with E-state index in [0.29, 0.717) is 28.2 Å². The first kappa shape index (κ1) is 23.7. The van der Waals surface area contributed by atoms with Gasteiger partial charge in [0.1, 0.15) is 11.3 Å². The second-order valence-electron chi connectivity index (χ2n) is 7.54. The van der Waals surface area contributed by atoms with Crippen LogP contribution in [0.25, 0.3) is 11.0 Å². The Morgan fingerprint density at radius 1 is 1.09 bits per heavy atom. The highest BCUT2D eigenvalue weighted by Crippen LogP contribution is 2.36. The van der Waals surface area contributed by atoms with Gasteiger partial charge in [-0.3, -0.25) is 14.5 Å². The van der Waals surface area contributed by atoms with Gasteiger partial charge in [-0.05, 0) is 55.3 Å². The quantitative estimate of drug-likeness (QED) is 0.357. The molecule has 4 aromatic rings. The second-order valence-corrected chi connectivity index (χ2v) is 9.63. The largest absolute Gasteiger partial charge is 0.417 e. The number of benzene rings is 1. The van der Waals surface area contributed by atoms with Crippen LogP contribution in [0.3, 0.4) is 0 Å². The van der Waals surface area contributed by atoms with Crippen LogP contribution < -0.4 is 4.72 Å². The third kappa shape index (κ3) is 4.36. The van der Waals surface area contributed by atoms with Crippen molar-refractivity contribution >= 4 is 44.1 Å². The molecule has 1 aromatic carbocycles. The van der Waals surface area contributed by atoms with Crippen LogP contribution in [0.4, 0.5) is 18.9 Å². The van der Waals surface area contributed by atoms with Gasteiger partial charge in [0.05, 0.1) is 21.2 Å². The third-order valence-electron chi connectivity index (χ3n) is 5.04. The molecule has 0 amide bonds. The Kier molecular flexibility index (Phi) is 5.86. The molecule has 2 N–H and O–H groups in total. The van der Waals surface area contributed by atoms with Crippen LogP contribution in [0.15, 0.2) is 53.8 Å². The van der Waals surface area contributed by atoms with Crippen LogP contribution >= 0.6 is 11.6 Å². The van der Waals surface area contributed by atoms with Crippen LogP contribution in [-0.4, -0.2) is 29.2 Å². The zero-order valence-corrected chi connectivity index (χ0v) is 19.2. The average molecular weight is 509 g/mol. The molecule has 176 valence electrons. The number of aromatic nitrogens is 3. The molecule has 3 heterocycles. The van der Waals surface area contributed by atoms with Crippen molar-refractivity contribution in [3.8, 4) is 0 Å². The molecule has 0 unspecified atom stereocenters. The standard InChI is InChI=1S/C22H16ClF3N4O3S/c1-11-7-17(30-34(32,33)13-3-4-16(23)15(8-13)22(24,25)26)19(28-9-11)20(31)18-12(2)10-29-21-14(18)5-6-27-21/h3-10,30H,1-2H3,(H,27,29). The number of carbonyl (C=O) groups excluding carboxylic acids is 1. The van der Waals surface area contributed by atoms with Gasteiger partial charge < -0.3 is 4.98 Å². The number of ketones is 1. The first-order chi connectivity index (χ1) is 15.9. The first-order valence-corrected chi connectivity index (χ1v) is 11.6.